The number of benzene rings is 1. The summed E-state index contributed by atoms with van der Waals surface area (Å²) in [5.74, 6) is 3.38. The highest BCUT2D eigenvalue weighted by molar-refractivity contribution is 6.83. The zero-order valence-electron chi connectivity index (χ0n) is 20.5. The molecule has 32 heavy (non-hydrogen) atoms. The first-order valence-electron chi connectivity index (χ1n) is 11.4. The van der Waals surface area contributed by atoms with Gasteiger partial charge in [-0.2, -0.15) is 0 Å². The normalized spacial score (nSPS) is 14.8. The van der Waals surface area contributed by atoms with Gasteiger partial charge in [-0.1, -0.05) is 64.5 Å². The van der Waals surface area contributed by atoms with Gasteiger partial charge in [-0.05, 0) is 48.6 Å². The van der Waals surface area contributed by atoms with Crippen molar-refractivity contribution in [1.29, 1.82) is 0 Å². The van der Waals surface area contributed by atoms with Crippen LogP contribution in [0, 0.1) is 16.9 Å². The molecule has 1 aliphatic heterocycles. The average molecular weight is 446 g/mol. The van der Waals surface area contributed by atoms with Crippen LogP contribution in [0.2, 0.25) is 19.6 Å². The highest BCUT2D eigenvalue weighted by atomic mass is 28.3. The molecule has 2 aromatic rings. The molecule has 2 heterocycles. The topological polar surface area (TPSA) is 31.4 Å². The van der Waals surface area contributed by atoms with E-state index in [1.54, 1.807) is 0 Å². The lowest BCUT2D eigenvalue weighted by Crippen LogP contribution is -2.18. The van der Waals surface area contributed by atoms with Crippen molar-refractivity contribution >= 4 is 19.2 Å². The molecule has 0 N–H and O–H groups in total. The van der Waals surface area contributed by atoms with Crippen LogP contribution < -0.4 is 0 Å². The fraction of sp³-hybridized carbons (Fsp3) is 0.429. The van der Waals surface area contributed by atoms with Crippen molar-refractivity contribution in [2.45, 2.75) is 60.0 Å². The van der Waals surface area contributed by atoms with Crippen LogP contribution >= 0.6 is 0 Å². The highest BCUT2D eigenvalue weighted by Crippen LogP contribution is 2.34. The van der Waals surface area contributed by atoms with Crippen LogP contribution in [0.15, 0.2) is 48.2 Å². The number of aromatic nitrogens is 1. The van der Waals surface area contributed by atoms with E-state index in [1.165, 1.54) is 0 Å². The van der Waals surface area contributed by atoms with Gasteiger partial charge in [-0.25, -0.2) is 4.98 Å². The van der Waals surface area contributed by atoms with Gasteiger partial charge >= 0.3 is 0 Å². The van der Waals surface area contributed by atoms with Crippen molar-refractivity contribution in [1.82, 2.24) is 4.98 Å². The van der Waals surface area contributed by atoms with Gasteiger partial charge in [-0.3, -0.25) is 0 Å². The summed E-state index contributed by atoms with van der Waals surface area (Å²) in [4.78, 5) is 4.82. The Balaban J connectivity index is 2.04. The third-order valence-corrected chi connectivity index (χ3v) is 5.89. The van der Waals surface area contributed by atoms with E-state index in [0.29, 0.717) is 13.2 Å². The molecule has 0 unspecified atom stereocenters. The Kier molecular flexibility index (Phi) is 7.59. The summed E-state index contributed by atoms with van der Waals surface area (Å²) in [7, 11) is -1.43. The quantitative estimate of drug-likeness (QED) is 0.293. The van der Waals surface area contributed by atoms with Gasteiger partial charge in [0, 0.05) is 16.7 Å². The first kappa shape index (κ1) is 24.2. The van der Waals surface area contributed by atoms with Crippen LogP contribution in [-0.2, 0) is 9.47 Å². The lowest BCUT2D eigenvalue weighted by Gasteiger charge is -2.23. The average Bonchev–Trinajstić information content (AvgIpc) is 2.75. The SMILES string of the molecule is CC(=C=C(c1cccc(C#C[Si](C)(C)C)c1)C(C)(C)C)c1cccc(C2OCCCO2)n1. The Hall–Kier alpha value is -2.41. The largest absolute Gasteiger partial charge is 0.347 e. The lowest BCUT2D eigenvalue weighted by molar-refractivity contribution is -0.185. The van der Waals surface area contributed by atoms with E-state index in [-0.39, 0.29) is 11.7 Å². The van der Waals surface area contributed by atoms with Gasteiger partial charge in [-0.15, -0.1) is 11.3 Å². The van der Waals surface area contributed by atoms with E-state index in [9.17, 15) is 0 Å². The molecule has 0 spiro atoms. The summed E-state index contributed by atoms with van der Waals surface area (Å²) in [5.41, 5.74) is 13.1. The summed E-state index contributed by atoms with van der Waals surface area (Å²) >= 11 is 0. The number of allylic oxidation sites excluding steroid dienone is 1. The van der Waals surface area contributed by atoms with Crippen molar-refractivity contribution in [3.05, 3.63) is 70.7 Å². The number of rotatable bonds is 3. The number of pyridine rings is 1. The Morgan fingerprint density at radius 1 is 1.03 bits per heavy atom. The van der Waals surface area contributed by atoms with Gasteiger partial charge in [0.1, 0.15) is 8.07 Å². The van der Waals surface area contributed by atoms with E-state index < -0.39 is 8.07 Å². The maximum atomic E-state index is 5.73. The fourth-order valence-electron chi connectivity index (χ4n) is 3.41. The first-order chi connectivity index (χ1) is 15.0. The molecule has 0 aliphatic carbocycles. The molecule has 1 aliphatic rings. The molecule has 3 nitrogen and oxygen atoms in total. The van der Waals surface area contributed by atoms with Crippen molar-refractivity contribution in [3.8, 4) is 11.5 Å². The molecule has 0 radical (unpaired) electrons. The third kappa shape index (κ3) is 6.79. The minimum Gasteiger partial charge on any atom is -0.347 e. The summed E-state index contributed by atoms with van der Waals surface area (Å²) in [6.45, 7) is 16.9. The second kappa shape index (κ2) is 10.0. The summed E-state index contributed by atoms with van der Waals surface area (Å²) in [5, 5.41) is 0. The number of hydrogen-bond donors (Lipinski definition) is 0. The van der Waals surface area contributed by atoms with Crippen LogP contribution in [0.5, 0.6) is 0 Å². The van der Waals surface area contributed by atoms with Crippen molar-refractivity contribution in [2.24, 2.45) is 5.41 Å². The van der Waals surface area contributed by atoms with Crippen molar-refractivity contribution < 1.29 is 9.47 Å². The van der Waals surface area contributed by atoms with Gasteiger partial charge < -0.3 is 9.47 Å². The maximum Gasteiger partial charge on any atom is 0.201 e. The summed E-state index contributed by atoms with van der Waals surface area (Å²) in [6.07, 6.45) is 0.540. The standard InChI is InChI=1S/C28H35NO2Si/c1-21(25-13-9-14-26(29-25)27-30-16-10-17-31-27)19-24(28(2,3)4)23-12-8-11-22(20-23)15-18-32(5,6)7/h8-9,11-14,20,27H,10,16-17H2,1-7H3. The minimum atomic E-state index is -1.43. The molecule has 3 rings (SSSR count). The smallest absolute Gasteiger partial charge is 0.201 e. The second-order valence-corrected chi connectivity index (χ2v) is 15.1. The lowest BCUT2D eigenvalue weighted by atomic mass is 9.82. The van der Waals surface area contributed by atoms with Gasteiger partial charge in [0.05, 0.1) is 24.6 Å². The predicted molar refractivity (Wildman–Crippen MR) is 136 cm³/mol. The monoisotopic (exact) mass is 445 g/mol. The molecule has 1 saturated heterocycles. The van der Waals surface area contributed by atoms with Crippen molar-refractivity contribution in [2.75, 3.05) is 13.2 Å². The Morgan fingerprint density at radius 3 is 2.38 bits per heavy atom. The molecule has 168 valence electrons. The zero-order chi connectivity index (χ0) is 23.4. The molecule has 0 amide bonds. The molecule has 1 aromatic carbocycles. The van der Waals surface area contributed by atoms with E-state index in [4.69, 9.17) is 14.5 Å². The third-order valence-electron chi connectivity index (χ3n) is 5.02. The van der Waals surface area contributed by atoms with Crippen LogP contribution in [-0.4, -0.2) is 26.3 Å². The van der Waals surface area contributed by atoms with Crippen LogP contribution in [0.25, 0.3) is 11.1 Å². The van der Waals surface area contributed by atoms with Gasteiger partial charge in [0.25, 0.3) is 0 Å². The molecule has 0 saturated carbocycles. The van der Waals surface area contributed by atoms with Crippen LogP contribution in [0.3, 0.4) is 0 Å². The van der Waals surface area contributed by atoms with Gasteiger partial charge in [0.15, 0.2) is 0 Å². The van der Waals surface area contributed by atoms with E-state index in [1.807, 2.05) is 18.2 Å². The Bertz CT molecular complexity index is 1080. The van der Waals surface area contributed by atoms with Crippen molar-refractivity contribution in [3.63, 3.8) is 0 Å². The van der Waals surface area contributed by atoms with E-state index in [2.05, 4.69) is 88.8 Å². The first-order valence-corrected chi connectivity index (χ1v) is 14.9. The molecular formula is C28H35NO2Si. The molecule has 0 atom stereocenters. The Morgan fingerprint density at radius 2 is 1.72 bits per heavy atom. The summed E-state index contributed by atoms with van der Waals surface area (Å²) in [6, 6.07) is 14.5. The Labute approximate surface area is 194 Å². The van der Waals surface area contributed by atoms with Crippen LogP contribution in [0.4, 0.5) is 0 Å². The highest BCUT2D eigenvalue weighted by Gasteiger charge is 2.21. The van der Waals surface area contributed by atoms with E-state index >= 15 is 0 Å². The second-order valence-electron chi connectivity index (χ2n) is 10.3. The number of nitrogens with zero attached hydrogens (tertiary/aromatic N) is 1. The molecule has 4 heteroatoms. The molecule has 1 aromatic heterocycles. The van der Waals surface area contributed by atoms with E-state index in [0.717, 1.165) is 40.1 Å². The number of ether oxygens (including phenoxy) is 2. The summed E-state index contributed by atoms with van der Waals surface area (Å²) < 4.78 is 11.5. The molecular weight excluding hydrogens is 410 g/mol. The minimum absolute atomic E-state index is 0.0840. The maximum absolute atomic E-state index is 5.73. The predicted octanol–water partition coefficient (Wildman–Crippen LogP) is 6.88. The fourth-order valence-corrected chi connectivity index (χ4v) is 3.93. The van der Waals surface area contributed by atoms with Crippen LogP contribution in [0.1, 0.15) is 62.9 Å². The molecule has 1 fully saturated rings. The zero-order valence-corrected chi connectivity index (χ0v) is 21.5. The molecule has 0 bridgehead atoms. The van der Waals surface area contributed by atoms with Gasteiger partial charge in [0.2, 0.25) is 6.29 Å². The number of hydrogen-bond acceptors (Lipinski definition) is 3.